The summed E-state index contributed by atoms with van der Waals surface area (Å²) in [7, 11) is 1.78. The molecule has 6 heteroatoms. The van der Waals surface area contributed by atoms with E-state index in [1.807, 2.05) is 24.3 Å². The van der Waals surface area contributed by atoms with Crippen LogP contribution in [0.4, 0.5) is 0 Å². The van der Waals surface area contributed by atoms with Gasteiger partial charge in [0.05, 0.1) is 23.8 Å². The summed E-state index contributed by atoms with van der Waals surface area (Å²) in [6.45, 7) is 4.56. The zero-order valence-electron chi connectivity index (χ0n) is 15.5. The minimum atomic E-state index is -0.0519. The number of nitrogens with one attached hydrogen (secondary N) is 1. The lowest BCUT2D eigenvalue weighted by Crippen LogP contribution is -2.25. The highest BCUT2D eigenvalue weighted by molar-refractivity contribution is 7.16. The minimum Gasteiger partial charge on any atom is -0.340 e. The van der Waals surface area contributed by atoms with Crippen LogP contribution in [-0.2, 0) is 6.54 Å². The van der Waals surface area contributed by atoms with E-state index in [0.29, 0.717) is 11.4 Å². The summed E-state index contributed by atoms with van der Waals surface area (Å²) in [5, 5.41) is 0.869. The van der Waals surface area contributed by atoms with Crippen molar-refractivity contribution >= 4 is 28.3 Å². The van der Waals surface area contributed by atoms with Gasteiger partial charge in [0.15, 0.2) is 0 Å². The number of hydrogen-bond donors (Lipinski definition) is 1. The molecule has 0 aliphatic rings. The molecule has 1 amide bonds. The highest BCUT2D eigenvalue weighted by atomic mass is 32.1. The number of carbonyl (C=O) groups excluding carboxylic acids is 1. The van der Waals surface area contributed by atoms with E-state index >= 15 is 0 Å². The van der Waals surface area contributed by atoms with E-state index in [-0.39, 0.29) is 5.91 Å². The summed E-state index contributed by atoms with van der Waals surface area (Å²) in [4.78, 5) is 27.4. The summed E-state index contributed by atoms with van der Waals surface area (Å²) >= 11 is 1.43. The van der Waals surface area contributed by atoms with Gasteiger partial charge in [0.25, 0.3) is 5.91 Å². The molecule has 2 aromatic heterocycles. The minimum absolute atomic E-state index is 0.0519. The van der Waals surface area contributed by atoms with Crippen molar-refractivity contribution in [1.29, 1.82) is 0 Å². The maximum Gasteiger partial charge on any atom is 0.265 e. The molecule has 0 aliphatic heterocycles. The van der Waals surface area contributed by atoms with Crippen LogP contribution in [0.25, 0.3) is 21.6 Å². The molecule has 0 saturated carbocycles. The van der Waals surface area contributed by atoms with Gasteiger partial charge in [0, 0.05) is 12.6 Å². The number of nitrogens with zero attached hydrogens (tertiary/aromatic N) is 3. The highest BCUT2D eigenvalue weighted by Crippen LogP contribution is 2.29. The Morgan fingerprint density at radius 3 is 2.78 bits per heavy atom. The Labute approximate surface area is 161 Å². The van der Waals surface area contributed by atoms with Crippen LogP contribution < -0.4 is 0 Å². The van der Waals surface area contributed by atoms with Gasteiger partial charge < -0.3 is 9.88 Å². The number of carbonyl (C=O) groups is 1. The number of amides is 1. The molecule has 27 heavy (non-hydrogen) atoms. The van der Waals surface area contributed by atoms with Crippen LogP contribution in [0.5, 0.6) is 0 Å². The number of fused-ring (bicyclic) bond motifs is 1. The maximum atomic E-state index is 12.8. The normalized spacial score (nSPS) is 11.1. The van der Waals surface area contributed by atoms with Crippen molar-refractivity contribution in [2.45, 2.75) is 20.4 Å². The van der Waals surface area contributed by atoms with Crippen molar-refractivity contribution in [3.8, 4) is 10.6 Å². The van der Waals surface area contributed by atoms with E-state index in [1.165, 1.54) is 22.5 Å². The fraction of sp³-hybridized carbons (Fsp3) is 0.190. The fourth-order valence-corrected chi connectivity index (χ4v) is 4.12. The third-order valence-corrected chi connectivity index (χ3v) is 5.52. The molecule has 2 heterocycles. The van der Waals surface area contributed by atoms with Crippen LogP contribution >= 0.6 is 11.3 Å². The van der Waals surface area contributed by atoms with Gasteiger partial charge in [-0.25, -0.2) is 9.97 Å². The third kappa shape index (κ3) is 3.48. The molecule has 0 bridgehead atoms. The number of aryl methyl sites for hydroxylation is 2. The summed E-state index contributed by atoms with van der Waals surface area (Å²) < 4.78 is 0. The Hall–Kier alpha value is -2.99. The average molecular weight is 376 g/mol. The van der Waals surface area contributed by atoms with Crippen LogP contribution in [0.1, 0.15) is 26.6 Å². The van der Waals surface area contributed by atoms with Crippen molar-refractivity contribution in [3.05, 3.63) is 70.5 Å². The van der Waals surface area contributed by atoms with Crippen molar-refractivity contribution in [2.24, 2.45) is 0 Å². The Bertz CT molecular complexity index is 1100. The highest BCUT2D eigenvalue weighted by Gasteiger charge is 2.18. The molecule has 4 rings (SSSR count). The molecule has 2 aromatic carbocycles. The second-order valence-electron chi connectivity index (χ2n) is 6.71. The molecule has 0 saturated heterocycles. The summed E-state index contributed by atoms with van der Waals surface area (Å²) in [5.74, 6) is 0.718. The standard InChI is InChI=1S/C21H20N4OS/c1-13-8-9-15(14(2)10-13)20-22-11-18(27-20)21(26)25(3)12-19-23-16-6-4-5-7-17(16)24-19/h4-11H,12H2,1-3H3,(H,23,24). The van der Waals surface area contributed by atoms with Gasteiger partial charge in [-0.2, -0.15) is 0 Å². The van der Waals surface area contributed by atoms with E-state index in [9.17, 15) is 4.79 Å². The van der Waals surface area contributed by atoms with Gasteiger partial charge in [-0.05, 0) is 31.5 Å². The second-order valence-corrected chi connectivity index (χ2v) is 7.74. The van der Waals surface area contributed by atoms with E-state index in [0.717, 1.165) is 27.4 Å². The Morgan fingerprint density at radius 2 is 2.00 bits per heavy atom. The molecule has 0 fully saturated rings. The number of aromatic amines is 1. The van der Waals surface area contributed by atoms with Crippen LogP contribution in [0.15, 0.2) is 48.7 Å². The molecular formula is C21H20N4OS. The summed E-state index contributed by atoms with van der Waals surface area (Å²) in [5.41, 5.74) is 5.34. The van der Waals surface area contributed by atoms with E-state index in [1.54, 1.807) is 18.1 Å². The number of hydrogen-bond acceptors (Lipinski definition) is 4. The van der Waals surface area contributed by atoms with E-state index in [4.69, 9.17) is 0 Å². The Morgan fingerprint density at radius 1 is 1.19 bits per heavy atom. The molecule has 0 aliphatic carbocycles. The Balaban J connectivity index is 1.53. The first-order valence-corrected chi connectivity index (χ1v) is 9.55. The lowest BCUT2D eigenvalue weighted by atomic mass is 10.1. The van der Waals surface area contributed by atoms with Gasteiger partial charge in [-0.15, -0.1) is 11.3 Å². The molecule has 4 aromatic rings. The number of rotatable bonds is 4. The molecular weight excluding hydrogens is 356 g/mol. The largest absolute Gasteiger partial charge is 0.340 e. The lowest BCUT2D eigenvalue weighted by Gasteiger charge is -2.14. The average Bonchev–Trinajstić information content (AvgIpc) is 3.27. The predicted octanol–water partition coefficient (Wildman–Crippen LogP) is 4.58. The molecule has 136 valence electrons. The zero-order valence-corrected chi connectivity index (χ0v) is 16.3. The van der Waals surface area contributed by atoms with Crippen molar-refractivity contribution in [2.75, 3.05) is 7.05 Å². The smallest absolute Gasteiger partial charge is 0.265 e. The summed E-state index contributed by atoms with van der Waals surface area (Å²) in [6.07, 6.45) is 1.66. The lowest BCUT2D eigenvalue weighted by molar-refractivity contribution is 0.0786. The molecule has 1 N–H and O–H groups in total. The fourth-order valence-electron chi connectivity index (χ4n) is 3.12. The van der Waals surface area contributed by atoms with Crippen LogP contribution in [0.3, 0.4) is 0 Å². The topological polar surface area (TPSA) is 61.9 Å². The van der Waals surface area contributed by atoms with Gasteiger partial charge in [0.2, 0.25) is 0 Å². The second kappa shape index (κ2) is 6.96. The van der Waals surface area contributed by atoms with Crippen LogP contribution in [-0.4, -0.2) is 32.8 Å². The molecule has 0 atom stereocenters. The van der Waals surface area contributed by atoms with E-state index < -0.39 is 0 Å². The first-order chi connectivity index (χ1) is 13.0. The van der Waals surface area contributed by atoms with Gasteiger partial charge in [-0.3, -0.25) is 4.79 Å². The van der Waals surface area contributed by atoms with Crippen LogP contribution in [0, 0.1) is 13.8 Å². The predicted molar refractivity (Wildman–Crippen MR) is 109 cm³/mol. The van der Waals surface area contributed by atoms with Crippen LogP contribution in [0.2, 0.25) is 0 Å². The first kappa shape index (κ1) is 17.4. The number of benzene rings is 2. The molecule has 0 unspecified atom stereocenters. The van der Waals surface area contributed by atoms with Crippen molar-refractivity contribution in [1.82, 2.24) is 19.9 Å². The zero-order chi connectivity index (χ0) is 19.0. The quantitative estimate of drug-likeness (QED) is 0.567. The van der Waals surface area contributed by atoms with Crippen molar-refractivity contribution < 1.29 is 4.79 Å². The first-order valence-electron chi connectivity index (χ1n) is 8.74. The van der Waals surface area contributed by atoms with Gasteiger partial charge >= 0.3 is 0 Å². The molecule has 0 radical (unpaired) electrons. The monoisotopic (exact) mass is 376 g/mol. The third-order valence-electron chi connectivity index (χ3n) is 4.50. The molecule has 0 spiro atoms. The van der Waals surface area contributed by atoms with Crippen molar-refractivity contribution in [3.63, 3.8) is 0 Å². The van der Waals surface area contributed by atoms with E-state index in [2.05, 4.69) is 47.0 Å². The summed E-state index contributed by atoms with van der Waals surface area (Å²) in [6, 6.07) is 14.1. The number of para-hydroxylation sites is 2. The number of thiazole rings is 1. The number of imidazole rings is 1. The Kier molecular flexibility index (Phi) is 4.49. The SMILES string of the molecule is Cc1ccc(-c2ncc(C(=O)N(C)Cc3nc4ccccc4[nH]3)s2)c(C)c1. The number of aromatic nitrogens is 3. The molecule has 5 nitrogen and oxygen atoms in total. The number of H-pyrrole nitrogens is 1. The maximum absolute atomic E-state index is 12.8. The van der Waals surface area contributed by atoms with Gasteiger partial charge in [-0.1, -0.05) is 35.9 Å². The van der Waals surface area contributed by atoms with Gasteiger partial charge in [0.1, 0.15) is 15.7 Å².